The van der Waals surface area contributed by atoms with Crippen LogP contribution in [0.3, 0.4) is 0 Å². The van der Waals surface area contributed by atoms with Crippen molar-refractivity contribution < 1.29 is 13.9 Å². The summed E-state index contributed by atoms with van der Waals surface area (Å²) in [6.45, 7) is 4.88. The topological polar surface area (TPSA) is 50.4 Å². The van der Waals surface area contributed by atoms with Crippen molar-refractivity contribution in [1.29, 1.82) is 0 Å². The van der Waals surface area contributed by atoms with Crippen LogP contribution in [0.1, 0.15) is 16.7 Å². The van der Waals surface area contributed by atoms with Gasteiger partial charge in [-0.25, -0.2) is 4.39 Å². The van der Waals surface area contributed by atoms with Crippen LogP contribution < -0.4 is 10.6 Å². The van der Waals surface area contributed by atoms with Gasteiger partial charge in [0.05, 0.1) is 19.1 Å². The van der Waals surface area contributed by atoms with Crippen LogP contribution in [0, 0.1) is 25.6 Å². The van der Waals surface area contributed by atoms with Gasteiger partial charge in [0.1, 0.15) is 5.82 Å². The first kappa shape index (κ1) is 14.9. The maximum Gasteiger partial charge on any atom is 0.227 e. The number of hydrogen-bond donors (Lipinski definition) is 2. The van der Waals surface area contributed by atoms with Gasteiger partial charge in [-0.3, -0.25) is 4.79 Å². The van der Waals surface area contributed by atoms with E-state index in [1.165, 1.54) is 0 Å². The lowest BCUT2D eigenvalue weighted by atomic mass is 10.0. The third-order valence-corrected chi connectivity index (χ3v) is 3.75. The lowest BCUT2D eigenvalue weighted by Gasteiger charge is -2.16. The summed E-state index contributed by atoms with van der Waals surface area (Å²) >= 11 is 0. The van der Waals surface area contributed by atoms with Gasteiger partial charge in [0, 0.05) is 12.6 Å². The highest BCUT2D eigenvalue weighted by Crippen LogP contribution is 2.16. The molecule has 1 aliphatic rings. The zero-order chi connectivity index (χ0) is 14.7. The summed E-state index contributed by atoms with van der Waals surface area (Å²) in [7, 11) is 1.83. The quantitative estimate of drug-likeness (QED) is 0.874. The van der Waals surface area contributed by atoms with Crippen molar-refractivity contribution in [2.24, 2.45) is 5.92 Å². The number of aryl methyl sites for hydroxylation is 2. The maximum absolute atomic E-state index is 13.5. The molecular formula is C15H21FN2O2. The van der Waals surface area contributed by atoms with Crippen LogP contribution in [-0.2, 0) is 16.1 Å². The molecule has 1 fully saturated rings. The Morgan fingerprint density at radius 3 is 2.60 bits per heavy atom. The molecule has 1 saturated heterocycles. The number of hydrogen-bond acceptors (Lipinski definition) is 3. The van der Waals surface area contributed by atoms with Gasteiger partial charge >= 0.3 is 0 Å². The second kappa shape index (κ2) is 6.33. The predicted molar refractivity (Wildman–Crippen MR) is 74.9 cm³/mol. The molecule has 1 heterocycles. The van der Waals surface area contributed by atoms with E-state index < -0.39 is 0 Å². The van der Waals surface area contributed by atoms with E-state index in [1.807, 2.05) is 7.05 Å². The monoisotopic (exact) mass is 280 g/mol. The van der Waals surface area contributed by atoms with Crippen molar-refractivity contribution >= 4 is 5.91 Å². The molecule has 0 radical (unpaired) electrons. The van der Waals surface area contributed by atoms with E-state index in [0.717, 1.165) is 5.56 Å². The largest absolute Gasteiger partial charge is 0.379 e. The van der Waals surface area contributed by atoms with Gasteiger partial charge in [-0.05, 0) is 37.6 Å². The Morgan fingerprint density at radius 2 is 2.00 bits per heavy atom. The van der Waals surface area contributed by atoms with E-state index in [9.17, 15) is 9.18 Å². The Bertz CT molecular complexity index is 482. The number of carbonyl (C=O) groups excluding carboxylic acids is 1. The molecule has 1 aromatic carbocycles. The second-order valence-corrected chi connectivity index (χ2v) is 5.30. The fourth-order valence-electron chi connectivity index (χ4n) is 2.56. The van der Waals surface area contributed by atoms with E-state index in [-0.39, 0.29) is 23.7 Å². The van der Waals surface area contributed by atoms with Crippen molar-refractivity contribution in [3.63, 3.8) is 0 Å². The Hall–Kier alpha value is -1.46. The highest BCUT2D eigenvalue weighted by molar-refractivity contribution is 5.79. The lowest BCUT2D eigenvalue weighted by molar-refractivity contribution is -0.125. The van der Waals surface area contributed by atoms with Crippen LogP contribution in [0.25, 0.3) is 0 Å². The third kappa shape index (κ3) is 3.16. The van der Waals surface area contributed by atoms with E-state index in [1.54, 1.807) is 26.0 Å². The summed E-state index contributed by atoms with van der Waals surface area (Å²) < 4.78 is 18.9. The molecule has 20 heavy (non-hydrogen) atoms. The van der Waals surface area contributed by atoms with Gasteiger partial charge < -0.3 is 15.4 Å². The van der Waals surface area contributed by atoms with Gasteiger partial charge in [0.25, 0.3) is 0 Å². The van der Waals surface area contributed by atoms with Crippen molar-refractivity contribution in [3.05, 3.63) is 34.6 Å². The molecule has 1 amide bonds. The fraction of sp³-hybridized carbons (Fsp3) is 0.533. The van der Waals surface area contributed by atoms with Gasteiger partial charge in [0.15, 0.2) is 0 Å². The summed E-state index contributed by atoms with van der Waals surface area (Å²) in [6, 6.07) is 3.60. The summed E-state index contributed by atoms with van der Waals surface area (Å²) in [6.07, 6.45) is 0. The van der Waals surface area contributed by atoms with Crippen LogP contribution in [0.15, 0.2) is 12.1 Å². The molecule has 0 spiro atoms. The number of carbonyl (C=O) groups is 1. The maximum atomic E-state index is 13.5. The second-order valence-electron chi connectivity index (χ2n) is 5.30. The van der Waals surface area contributed by atoms with Crippen LogP contribution in [0.2, 0.25) is 0 Å². The number of rotatable bonds is 4. The van der Waals surface area contributed by atoms with Crippen LogP contribution in [0.5, 0.6) is 0 Å². The van der Waals surface area contributed by atoms with Crippen LogP contribution in [-0.4, -0.2) is 32.2 Å². The average Bonchev–Trinajstić information content (AvgIpc) is 2.90. The van der Waals surface area contributed by atoms with Crippen molar-refractivity contribution in [3.8, 4) is 0 Å². The average molecular weight is 280 g/mol. The zero-order valence-corrected chi connectivity index (χ0v) is 12.1. The summed E-state index contributed by atoms with van der Waals surface area (Å²) in [5.74, 6) is -0.372. The zero-order valence-electron chi connectivity index (χ0n) is 12.1. The van der Waals surface area contributed by atoms with E-state index in [0.29, 0.717) is 30.9 Å². The van der Waals surface area contributed by atoms with Crippen LogP contribution in [0.4, 0.5) is 4.39 Å². The predicted octanol–water partition coefficient (Wildman–Crippen LogP) is 1.29. The minimum Gasteiger partial charge on any atom is -0.379 e. The Labute approximate surface area is 118 Å². The number of ether oxygens (including phenoxy) is 1. The normalized spacial score (nSPS) is 22.0. The molecule has 1 aromatic rings. The number of likely N-dealkylation sites (N-methyl/N-ethyl adjacent to an activating group) is 1. The molecule has 5 heteroatoms. The first-order valence-electron chi connectivity index (χ1n) is 6.81. The van der Waals surface area contributed by atoms with Gasteiger partial charge in [-0.1, -0.05) is 12.1 Å². The molecule has 2 rings (SSSR count). The first-order chi connectivity index (χ1) is 9.52. The van der Waals surface area contributed by atoms with Gasteiger partial charge in [0.2, 0.25) is 5.91 Å². The van der Waals surface area contributed by atoms with Gasteiger partial charge in [-0.2, -0.15) is 0 Å². The Morgan fingerprint density at radius 1 is 1.35 bits per heavy atom. The molecule has 0 aromatic heterocycles. The minimum absolute atomic E-state index is 0.0264. The highest BCUT2D eigenvalue weighted by atomic mass is 19.1. The molecular weight excluding hydrogens is 259 g/mol. The summed E-state index contributed by atoms with van der Waals surface area (Å²) in [4.78, 5) is 12.1. The molecule has 0 aliphatic carbocycles. The van der Waals surface area contributed by atoms with Crippen molar-refractivity contribution in [1.82, 2.24) is 10.6 Å². The van der Waals surface area contributed by atoms with E-state index >= 15 is 0 Å². The molecule has 4 nitrogen and oxygen atoms in total. The molecule has 110 valence electrons. The molecule has 2 unspecified atom stereocenters. The lowest BCUT2D eigenvalue weighted by Crippen LogP contribution is -2.42. The summed E-state index contributed by atoms with van der Waals surface area (Å²) in [5.41, 5.74) is 2.12. The van der Waals surface area contributed by atoms with Gasteiger partial charge in [-0.15, -0.1) is 0 Å². The highest BCUT2D eigenvalue weighted by Gasteiger charge is 2.32. The number of halogens is 1. The SMILES string of the molecule is CNC1COCC1C(=O)NCc1cc(C)c(F)c(C)c1. The first-order valence-corrected chi connectivity index (χ1v) is 6.81. The smallest absolute Gasteiger partial charge is 0.227 e. The standard InChI is InChI=1S/C15H21FN2O2/c1-9-4-11(5-10(2)14(9)16)6-18-15(19)12-7-20-8-13(12)17-3/h4-5,12-13,17H,6-8H2,1-3H3,(H,18,19). The Balaban J connectivity index is 1.97. The molecule has 1 aliphatic heterocycles. The van der Waals surface area contributed by atoms with Crippen molar-refractivity contribution in [2.75, 3.05) is 20.3 Å². The molecule has 0 bridgehead atoms. The third-order valence-electron chi connectivity index (χ3n) is 3.75. The van der Waals surface area contributed by atoms with Crippen LogP contribution >= 0.6 is 0 Å². The van der Waals surface area contributed by atoms with Crippen molar-refractivity contribution in [2.45, 2.75) is 26.4 Å². The van der Waals surface area contributed by atoms with E-state index in [2.05, 4.69) is 10.6 Å². The molecule has 0 saturated carbocycles. The minimum atomic E-state index is -0.181. The van der Waals surface area contributed by atoms with E-state index in [4.69, 9.17) is 4.74 Å². The number of benzene rings is 1. The number of nitrogens with one attached hydrogen (secondary N) is 2. The molecule has 2 atom stereocenters. The fourth-order valence-corrected chi connectivity index (χ4v) is 2.56. The number of amides is 1. The summed E-state index contributed by atoms with van der Waals surface area (Å²) in [5, 5.41) is 5.98. The Kier molecular flexibility index (Phi) is 4.73. The molecule has 2 N–H and O–H groups in total.